The Morgan fingerprint density at radius 3 is 2.75 bits per heavy atom. The van der Waals surface area contributed by atoms with Crippen LogP contribution in [0.25, 0.3) is 0 Å². The second kappa shape index (κ2) is 9.33. The third-order valence-electron chi connectivity index (χ3n) is 4.26. The second-order valence-electron chi connectivity index (χ2n) is 6.32. The Balaban J connectivity index is 1.71. The van der Waals surface area contributed by atoms with Crippen molar-refractivity contribution in [3.05, 3.63) is 83.0 Å². The Labute approximate surface area is 169 Å². The molecule has 142 valence electrons. The average molecular weight is 391 g/mol. The summed E-state index contributed by atoms with van der Waals surface area (Å²) in [7, 11) is 0. The van der Waals surface area contributed by atoms with Crippen LogP contribution in [0.4, 0.5) is 0 Å². The van der Waals surface area contributed by atoms with Gasteiger partial charge in [0.05, 0.1) is 0 Å². The Morgan fingerprint density at radius 1 is 1.14 bits per heavy atom. The molecule has 0 bridgehead atoms. The van der Waals surface area contributed by atoms with E-state index in [1.54, 1.807) is 31.3 Å². The summed E-state index contributed by atoms with van der Waals surface area (Å²) in [5.74, 6) is 0.851. The normalized spacial score (nSPS) is 10.5. The zero-order valence-corrected chi connectivity index (χ0v) is 16.7. The first-order chi connectivity index (χ1) is 13.6. The Kier molecular flexibility index (Phi) is 6.61. The lowest BCUT2D eigenvalue weighted by Gasteiger charge is -2.12. The summed E-state index contributed by atoms with van der Waals surface area (Å²) in [5, 5.41) is 0.774. The van der Waals surface area contributed by atoms with Crippen molar-refractivity contribution in [2.75, 3.05) is 0 Å². The van der Waals surface area contributed by atoms with E-state index < -0.39 is 0 Å². The number of benzene rings is 2. The van der Waals surface area contributed by atoms with Gasteiger partial charge in [-0.05, 0) is 66.9 Å². The van der Waals surface area contributed by atoms with E-state index in [4.69, 9.17) is 4.74 Å². The van der Waals surface area contributed by atoms with E-state index in [2.05, 4.69) is 11.1 Å². The molecule has 0 spiro atoms. The van der Waals surface area contributed by atoms with Crippen molar-refractivity contribution in [2.45, 2.75) is 36.8 Å². The van der Waals surface area contributed by atoms with E-state index in [1.807, 2.05) is 37.3 Å². The highest BCUT2D eigenvalue weighted by atomic mass is 32.2. The molecule has 0 saturated carbocycles. The van der Waals surface area contributed by atoms with Crippen molar-refractivity contribution < 1.29 is 14.3 Å². The topological polar surface area (TPSA) is 56.3 Å². The van der Waals surface area contributed by atoms with Gasteiger partial charge in [-0.15, -0.1) is 0 Å². The highest BCUT2D eigenvalue weighted by Crippen LogP contribution is 2.28. The average Bonchev–Trinajstić information content (AvgIpc) is 2.72. The molecule has 2 aromatic carbocycles. The highest BCUT2D eigenvalue weighted by Gasteiger charge is 2.08. The first kappa shape index (κ1) is 19.8. The molecule has 0 aliphatic carbocycles. The third-order valence-corrected chi connectivity index (χ3v) is 5.18. The number of ether oxygens (including phenoxy) is 1. The molecule has 0 aliphatic heterocycles. The molecule has 4 nitrogen and oxygen atoms in total. The van der Waals surface area contributed by atoms with E-state index in [-0.39, 0.29) is 5.78 Å². The number of nitrogens with zero attached hydrogens (tertiary/aromatic N) is 1. The summed E-state index contributed by atoms with van der Waals surface area (Å²) in [6, 6.07) is 17.1. The van der Waals surface area contributed by atoms with Crippen molar-refractivity contribution in [1.29, 1.82) is 0 Å². The number of carbonyl (C=O) groups excluding carboxylic acids is 2. The number of aldehydes is 1. The van der Waals surface area contributed by atoms with Crippen molar-refractivity contribution in [3.63, 3.8) is 0 Å². The van der Waals surface area contributed by atoms with Crippen LogP contribution in [0.1, 0.15) is 45.7 Å². The van der Waals surface area contributed by atoms with Gasteiger partial charge in [-0.2, -0.15) is 0 Å². The second-order valence-corrected chi connectivity index (χ2v) is 7.41. The van der Waals surface area contributed by atoms with Gasteiger partial charge < -0.3 is 4.74 Å². The molecule has 0 atom stereocenters. The quantitative estimate of drug-likeness (QED) is 0.381. The molecular formula is C23H21NO3S. The zero-order chi connectivity index (χ0) is 19.9. The van der Waals surface area contributed by atoms with Gasteiger partial charge in [-0.25, -0.2) is 4.98 Å². The molecule has 3 rings (SSSR count). The summed E-state index contributed by atoms with van der Waals surface area (Å²) < 4.78 is 6.01. The lowest BCUT2D eigenvalue weighted by atomic mass is 10.1. The number of carbonyl (C=O) groups is 2. The number of ketones is 1. The summed E-state index contributed by atoms with van der Waals surface area (Å²) in [4.78, 5) is 27.8. The standard InChI is InChI=1S/C23H21NO3S/c1-3-19-13-20(16(2)26)7-8-22(19)27-15-18-5-4-6-21(11-18)28-23-12-17(14-25)9-10-24-23/h4-14H,3,15H2,1-2H3. The highest BCUT2D eigenvalue weighted by molar-refractivity contribution is 7.99. The molecule has 0 aliphatic rings. The zero-order valence-electron chi connectivity index (χ0n) is 15.8. The van der Waals surface area contributed by atoms with Crippen LogP contribution >= 0.6 is 11.8 Å². The van der Waals surface area contributed by atoms with E-state index in [0.717, 1.165) is 39.5 Å². The minimum absolute atomic E-state index is 0.0539. The molecule has 0 radical (unpaired) electrons. The maximum Gasteiger partial charge on any atom is 0.159 e. The van der Waals surface area contributed by atoms with Gasteiger partial charge in [0, 0.05) is 22.2 Å². The fraction of sp³-hybridized carbons (Fsp3) is 0.174. The molecule has 0 N–H and O–H groups in total. The maximum absolute atomic E-state index is 11.6. The van der Waals surface area contributed by atoms with Gasteiger partial charge in [0.25, 0.3) is 0 Å². The van der Waals surface area contributed by atoms with Crippen LogP contribution in [0.2, 0.25) is 0 Å². The number of Topliss-reactive ketones (excluding diaryl/α,β-unsaturated/α-hetero) is 1. The summed E-state index contributed by atoms with van der Waals surface area (Å²) in [5.41, 5.74) is 3.37. The van der Waals surface area contributed by atoms with Crippen LogP contribution in [0.3, 0.4) is 0 Å². The van der Waals surface area contributed by atoms with Gasteiger partial charge in [0.15, 0.2) is 5.78 Å². The minimum Gasteiger partial charge on any atom is -0.489 e. The third kappa shape index (κ3) is 5.08. The molecular weight excluding hydrogens is 370 g/mol. The number of hydrogen-bond donors (Lipinski definition) is 0. The van der Waals surface area contributed by atoms with E-state index >= 15 is 0 Å². The van der Waals surface area contributed by atoms with Gasteiger partial charge in [0.1, 0.15) is 23.7 Å². The van der Waals surface area contributed by atoms with Gasteiger partial charge in [-0.1, -0.05) is 30.8 Å². The first-order valence-electron chi connectivity index (χ1n) is 9.03. The Hall–Kier alpha value is -2.92. The molecule has 0 unspecified atom stereocenters. The number of rotatable bonds is 8. The van der Waals surface area contributed by atoms with Crippen molar-refractivity contribution in [3.8, 4) is 5.75 Å². The molecule has 0 fully saturated rings. The molecule has 0 amide bonds. The summed E-state index contributed by atoms with van der Waals surface area (Å²) in [6.07, 6.45) is 3.25. The van der Waals surface area contributed by atoms with Crippen LogP contribution in [0, 0.1) is 0 Å². The predicted molar refractivity (Wildman–Crippen MR) is 110 cm³/mol. The predicted octanol–water partition coefficient (Wildman–Crippen LogP) is 5.39. The van der Waals surface area contributed by atoms with Crippen molar-refractivity contribution >= 4 is 23.8 Å². The number of aromatic nitrogens is 1. The lowest BCUT2D eigenvalue weighted by Crippen LogP contribution is -2.01. The van der Waals surface area contributed by atoms with Crippen LogP contribution < -0.4 is 4.74 Å². The van der Waals surface area contributed by atoms with Crippen LogP contribution in [-0.2, 0) is 13.0 Å². The molecule has 3 aromatic rings. The van der Waals surface area contributed by atoms with Gasteiger partial charge >= 0.3 is 0 Å². The number of aryl methyl sites for hydroxylation is 1. The summed E-state index contributed by atoms with van der Waals surface area (Å²) >= 11 is 1.50. The van der Waals surface area contributed by atoms with E-state index in [0.29, 0.717) is 17.7 Å². The van der Waals surface area contributed by atoms with E-state index in [9.17, 15) is 9.59 Å². The first-order valence-corrected chi connectivity index (χ1v) is 9.85. The van der Waals surface area contributed by atoms with Crippen molar-refractivity contribution in [2.24, 2.45) is 0 Å². The number of pyridine rings is 1. The lowest BCUT2D eigenvalue weighted by molar-refractivity contribution is 0.101. The molecule has 0 saturated heterocycles. The minimum atomic E-state index is 0.0539. The smallest absolute Gasteiger partial charge is 0.159 e. The Bertz CT molecular complexity index is 1000. The van der Waals surface area contributed by atoms with Crippen LogP contribution in [0.5, 0.6) is 5.75 Å². The number of hydrogen-bond acceptors (Lipinski definition) is 5. The largest absolute Gasteiger partial charge is 0.489 e. The fourth-order valence-electron chi connectivity index (χ4n) is 2.75. The molecule has 1 aromatic heterocycles. The van der Waals surface area contributed by atoms with Crippen molar-refractivity contribution in [1.82, 2.24) is 4.98 Å². The van der Waals surface area contributed by atoms with E-state index in [1.165, 1.54) is 11.8 Å². The van der Waals surface area contributed by atoms with Gasteiger partial charge in [-0.3, -0.25) is 9.59 Å². The SMILES string of the molecule is CCc1cc(C(C)=O)ccc1OCc1cccc(Sc2cc(C=O)ccn2)c1. The monoisotopic (exact) mass is 391 g/mol. The summed E-state index contributed by atoms with van der Waals surface area (Å²) in [6.45, 7) is 4.05. The van der Waals surface area contributed by atoms with Crippen LogP contribution in [-0.4, -0.2) is 17.1 Å². The van der Waals surface area contributed by atoms with Gasteiger partial charge in [0.2, 0.25) is 0 Å². The Morgan fingerprint density at radius 2 is 2.00 bits per heavy atom. The molecule has 1 heterocycles. The van der Waals surface area contributed by atoms with Crippen LogP contribution in [0.15, 0.2) is 70.7 Å². The molecule has 28 heavy (non-hydrogen) atoms. The fourth-order valence-corrected chi connectivity index (χ4v) is 3.66. The maximum atomic E-state index is 11.6. The molecule has 5 heteroatoms.